The van der Waals surface area contributed by atoms with E-state index in [1.165, 1.54) is 0 Å². The molecule has 94 valence electrons. The van der Waals surface area contributed by atoms with Crippen molar-refractivity contribution < 1.29 is 19.0 Å². The van der Waals surface area contributed by atoms with Crippen LogP contribution in [0.4, 0.5) is 0 Å². The molecule has 16 heavy (non-hydrogen) atoms. The Morgan fingerprint density at radius 1 is 1.06 bits per heavy atom. The van der Waals surface area contributed by atoms with Gasteiger partial charge in [-0.3, -0.25) is 0 Å². The van der Waals surface area contributed by atoms with E-state index in [0.717, 1.165) is 19.4 Å². The molecule has 0 bridgehead atoms. The quantitative estimate of drug-likeness (QED) is 0.327. The third-order valence-electron chi connectivity index (χ3n) is 1.84. The van der Waals surface area contributed by atoms with Crippen LogP contribution < -0.4 is 0 Å². The van der Waals surface area contributed by atoms with Gasteiger partial charge in [-0.25, -0.2) is 4.79 Å². The van der Waals surface area contributed by atoms with Gasteiger partial charge in [-0.2, -0.15) is 0 Å². The zero-order valence-corrected chi connectivity index (χ0v) is 10.3. The summed E-state index contributed by atoms with van der Waals surface area (Å²) in [5, 5.41) is 0. The van der Waals surface area contributed by atoms with E-state index < -0.39 is 0 Å². The lowest BCUT2D eigenvalue weighted by molar-refractivity contribution is -0.139. The monoisotopic (exact) mass is 230 g/mol. The Kier molecular flexibility index (Phi) is 10.1. The van der Waals surface area contributed by atoms with Crippen molar-refractivity contribution in [2.75, 3.05) is 33.0 Å². The molecule has 0 aliphatic heterocycles. The Hall–Kier alpha value is -0.870. The maximum atomic E-state index is 11.0. The minimum Gasteiger partial charge on any atom is -0.462 e. The fourth-order valence-corrected chi connectivity index (χ4v) is 0.959. The van der Waals surface area contributed by atoms with E-state index in [1.807, 2.05) is 6.92 Å². The largest absolute Gasteiger partial charge is 0.462 e. The number of unbranched alkanes of at least 4 members (excludes halogenated alkanes) is 1. The zero-order chi connectivity index (χ0) is 12.2. The predicted molar refractivity (Wildman–Crippen MR) is 62.3 cm³/mol. The van der Waals surface area contributed by atoms with Crippen molar-refractivity contribution >= 4 is 5.97 Å². The van der Waals surface area contributed by atoms with E-state index in [2.05, 4.69) is 6.58 Å². The Balaban J connectivity index is 3.10. The molecule has 0 aliphatic rings. The summed E-state index contributed by atoms with van der Waals surface area (Å²) in [5.74, 6) is -0.322. The molecule has 0 saturated heterocycles. The van der Waals surface area contributed by atoms with E-state index in [9.17, 15) is 4.79 Å². The van der Waals surface area contributed by atoms with E-state index in [0.29, 0.717) is 32.0 Å². The van der Waals surface area contributed by atoms with Gasteiger partial charge in [-0.15, -0.1) is 0 Å². The van der Waals surface area contributed by atoms with Crippen LogP contribution >= 0.6 is 0 Å². The van der Waals surface area contributed by atoms with Gasteiger partial charge in [-0.1, -0.05) is 6.58 Å². The van der Waals surface area contributed by atoms with Crippen molar-refractivity contribution in [1.82, 2.24) is 0 Å². The van der Waals surface area contributed by atoms with Gasteiger partial charge in [0.05, 0.1) is 19.8 Å². The summed E-state index contributed by atoms with van der Waals surface area (Å²) >= 11 is 0. The first-order chi connectivity index (χ1) is 7.68. The molecular weight excluding hydrogens is 208 g/mol. The average molecular weight is 230 g/mol. The summed E-state index contributed by atoms with van der Waals surface area (Å²) in [7, 11) is 0. The molecule has 0 N–H and O–H groups in total. The van der Waals surface area contributed by atoms with Crippen molar-refractivity contribution in [3.05, 3.63) is 12.2 Å². The standard InChI is InChI=1S/C12H22O4/c1-4-14-9-10-15-7-5-6-8-16-12(13)11(2)3/h2,4-10H2,1,3H3. The summed E-state index contributed by atoms with van der Waals surface area (Å²) in [4.78, 5) is 11.0. The predicted octanol–water partition coefficient (Wildman–Crippen LogP) is 1.94. The van der Waals surface area contributed by atoms with Crippen molar-refractivity contribution in [2.45, 2.75) is 26.7 Å². The second-order valence-electron chi connectivity index (χ2n) is 3.43. The summed E-state index contributed by atoms with van der Waals surface area (Å²) in [5.41, 5.74) is 0.438. The molecule has 0 spiro atoms. The van der Waals surface area contributed by atoms with Gasteiger partial charge >= 0.3 is 5.97 Å². The van der Waals surface area contributed by atoms with Crippen LogP contribution in [-0.4, -0.2) is 39.0 Å². The molecule has 0 unspecified atom stereocenters. The Bertz CT molecular complexity index is 201. The Morgan fingerprint density at radius 2 is 1.69 bits per heavy atom. The normalized spacial score (nSPS) is 10.1. The first-order valence-electron chi connectivity index (χ1n) is 5.66. The van der Waals surface area contributed by atoms with Gasteiger partial charge in [0.15, 0.2) is 0 Å². The number of ether oxygens (including phenoxy) is 3. The molecule has 0 rings (SSSR count). The molecular formula is C12H22O4. The topological polar surface area (TPSA) is 44.8 Å². The molecule has 0 aromatic heterocycles. The minimum absolute atomic E-state index is 0.322. The Labute approximate surface area is 97.6 Å². The smallest absolute Gasteiger partial charge is 0.333 e. The van der Waals surface area contributed by atoms with Crippen LogP contribution in [0, 0.1) is 0 Å². The van der Waals surface area contributed by atoms with Crippen LogP contribution in [0.1, 0.15) is 26.7 Å². The molecule has 0 aliphatic carbocycles. The molecule has 0 amide bonds. The van der Waals surface area contributed by atoms with Crippen molar-refractivity contribution in [3.63, 3.8) is 0 Å². The van der Waals surface area contributed by atoms with Crippen LogP contribution in [0.15, 0.2) is 12.2 Å². The molecule has 0 aromatic carbocycles. The van der Waals surface area contributed by atoms with E-state index >= 15 is 0 Å². The lowest BCUT2D eigenvalue weighted by Crippen LogP contribution is -2.08. The maximum absolute atomic E-state index is 11.0. The fraction of sp³-hybridized carbons (Fsp3) is 0.750. The highest BCUT2D eigenvalue weighted by Crippen LogP contribution is 1.96. The summed E-state index contributed by atoms with van der Waals surface area (Å²) in [6.07, 6.45) is 1.70. The molecule has 4 heteroatoms. The van der Waals surface area contributed by atoms with Crippen molar-refractivity contribution in [3.8, 4) is 0 Å². The van der Waals surface area contributed by atoms with Crippen molar-refractivity contribution in [1.29, 1.82) is 0 Å². The summed E-state index contributed by atoms with van der Waals surface area (Å²) in [6, 6.07) is 0. The third kappa shape index (κ3) is 9.68. The fourth-order valence-electron chi connectivity index (χ4n) is 0.959. The van der Waals surface area contributed by atoms with Gasteiger partial charge in [0.2, 0.25) is 0 Å². The molecule has 0 saturated carbocycles. The van der Waals surface area contributed by atoms with Crippen LogP contribution in [0.5, 0.6) is 0 Å². The third-order valence-corrected chi connectivity index (χ3v) is 1.84. The highest BCUT2D eigenvalue weighted by Gasteiger charge is 2.01. The highest BCUT2D eigenvalue weighted by molar-refractivity contribution is 5.86. The molecule has 4 nitrogen and oxygen atoms in total. The first-order valence-corrected chi connectivity index (χ1v) is 5.66. The number of hydrogen-bond acceptors (Lipinski definition) is 4. The van der Waals surface area contributed by atoms with Crippen LogP contribution in [0.3, 0.4) is 0 Å². The van der Waals surface area contributed by atoms with Crippen molar-refractivity contribution in [2.24, 2.45) is 0 Å². The number of esters is 1. The lowest BCUT2D eigenvalue weighted by Gasteiger charge is -2.05. The lowest BCUT2D eigenvalue weighted by atomic mass is 10.3. The molecule has 0 heterocycles. The zero-order valence-electron chi connectivity index (χ0n) is 10.3. The molecule has 0 aromatic rings. The van der Waals surface area contributed by atoms with E-state index in [1.54, 1.807) is 6.92 Å². The number of carbonyl (C=O) groups excluding carboxylic acids is 1. The molecule has 0 fully saturated rings. The van der Waals surface area contributed by atoms with Crippen LogP contribution in [-0.2, 0) is 19.0 Å². The average Bonchev–Trinajstić information content (AvgIpc) is 2.26. The SMILES string of the molecule is C=C(C)C(=O)OCCCCOCCOCC. The Morgan fingerprint density at radius 3 is 2.31 bits per heavy atom. The maximum Gasteiger partial charge on any atom is 0.333 e. The second-order valence-corrected chi connectivity index (χ2v) is 3.43. The van der Waals surface area contributed by atoms with Gasteiger partial charge in [0.25, 0.3) is 0 Å². The van der Waals surface area contributed by atoms with E-state index in [4.69, 9.17) is 14.2 Å². The van der Waals surface area contributed by atoms with Gasteiger partial charge in [0.1, 0.15) is 0 Å². The highest BCUT2D eigenvalue weighted by atomic mass is 16.5. The van der Waals surface area contributed by atoms with Crippen LogP contribution in [0.2, 0.25) is 0 Å². The van der Waals surface area contributed by atoms with Gasteiger partial charge in [-0.05, 0) is 26.7 Å². The number of rotatable bonds is 10. The molecule has 0 radical (unpaired) electrons. The number of carbonyl (C=O) groups is 1. The first kappa shape index (κ1) is 15.1. The number of hydrogen-bond donors (Lipinski definition) is 0. The van der Waals surface area contributed by atoms with Gasteiger partial charge < -0.3 is 14.2 Å². The minimum atomic E-state index is -0.322. The summed E-state index contributed by atoms with van der Waals surface area (Å²) in [6.45, 7) is 10.2. The van der Waals surface area contributed by atoms with Gasteiger partial charge in [0, 0.05) is 18.8 Å². The summed E-state index contributed by atoms with van der Waals surface area (Å²) < 4.78 is 15.4. The second kappa shape index (κ2) is 10.6. The van der Waals surface area contributed by atoms with E-state index in [-0.39, 0.29) is 5.97 Å². The van der Waals surface area contributed by atoms with Crippen LogP contribution in [0.25, 0.3) is 0 Å². The molecule has 0 atom stereocenters.